The Bertz CT molecular complexity index is 979. The lowest BCUT2D eigenvalue weighted by molar-refractivity contribution is -0.119. The number of allylic oxidation sites excluding steroid dienone is 1. The SMILES string of the molecule is C=C(C)c1cc(C)nc(N2C(=O)OC[C@H]2C(=O)N(C)c2ccc(F)c(Cl)c2)c1. The lowest BCUT2D eigenvalue weighted by Crippen LogP contribution is -2.47. The first-order valence-corrected chi connectivity index (χ1v) is 8.90. The van der Waals surface area contributed by atoms with Crippen molar-refractivity contribution in [3.63, 3.8) is 0 Å². The molecule has 0 bridgehead atoms. The van der Waals surface area contributed by atoms with Crippen molar-refractivity contribution in [1.82, 2.24) is 4.98 Å². The molecule has 28 heavy (non-hydrogen) atoms. The van der Waals surface area contributed by atoms with Crippen molar-refractivity contribution in [1.29, 1.82) is 0 Å². The topological polar surface area (TPSA) is 62.7 Å². The number of carbonyl (C=O) groups is 2. The summed E-state index contributed by atoms with van der Waals surface area (Å²) < 4.78 is 18.5. The number of hydrogen-bond donors (Lipinski definition) is 0. The second-order valence-corrected chi connectivity index (χ2v) is 7.00. The Balaban J connectivity index is 1.94. The van der Waals surface area contributed by atoms with Crippen LogP contribution in [0.25, 0.3) is 5.57 Å². The first kappa shape index (κ1) is 19.8. The first-order valence-electron chi connectivity index (χ1n) is 8.52. The number of halogens is 2. The molecule has 2 heterocycles. The summed E-state index contributed by atoms with van der Waals surface area (Å²) in [6.07, 6.45) is -0.658. The number of amides is 2. The van der Waals surface area contributed by atoms with E-state index >= 15 is 0 Å². The van der Waals surface area contributed by atoms with Crippen molar-refractivity contribution < 1.29 is 18.7 Å². The maximum absolute atomic E-state index is 13.4. The van der Waals surface area contributed by atoms with E-state index < -0.39 is 23.9 Å². The van der Waals surface area contributed by atoms with Gasteiger partial charge >= 0.3 is 6.09 Å². The third kappa shape index (κ3) is 3.71. The maximum Gasteiger partial charge on any atom is 0.416 e. The van der Waals surface area contributed by atoms with Crippen LogP contribution in [0.15, 0.2) is 36.9 Å². The highest BCUT2D eigenvalue weighted by Gasteiger charge is 2.41. The van der Waals surface area contributed by atoms with Crippen molar-refractivity contribution in [3.8, 4) is 0 Å². The number of cyclic esters (lactones) is 1. The lowest BCUT2D eigenvalue weighted by Gasteiger charge is -2.25. The number of rotatable bonds is 4. The van der Waals surface area contributed by atoms with Gasteiger partial charge in [0.25, 0.3) is 5.91 Å². The Labute approximate surface area is 167 Å². The Hall–Kier alpha value is -2.93. The Morgan fingerprint density at radius 2 is 2.11 bits per heavy atom. The minimum atomic E-state index is -0.909. The third-order valence-corrected chi connectivity index (χ3v) is 4.75. The zero-order chi connectivity index (χ0) is 20.6. The van der Waals surface area contributed by atoms with Crippen LogP contribution in [0.5, 0.6) is 0 Å². The quantitative estimate of drug-likeness (QED) is 0.767. The zero-order valence-electron chi connectivity index (χ0n) is 15.7. The van der Waals surface area contributed by atoms with Gasteiger partial charge in [-0.3, -0.25) is 4.79 Å². The smallest absolute Gasteiger partial charge is 0.416 e. The number of anilines is 2. The molecule has 1 aromatic heterocycles. The Kier molecular flexibility index (Phi) is 5.38. The zero-order valence-corrected chi connectivity index (χ0v) is 16.5. The fourth-order valence-corrected chi connectivity index (χ4v) is 3.10. The number of pyridine rings is 1. The summed E-state index contributed by atoms with van der Waals surface area (Å²) in [7, 11) is 1.52. The van der Waals surface area contributed by atoms with E-state index in [-0.39, 0.29) is 11.6 Å². The summed E-state index contributed by atoms with van der Waals surface area (Å²) in [4.78, 5) is 32.3. The van der Waals surface area contributed by atoms with E-state index in [0.29, 0.717) is 17.2 Å². The standard InChI is InChI=1S/C20H19ClFN3O3/c1-11(2)13-7-12(3)23-18(8-13)25-17(10-28-20(25)27)19(26)24(4)14-5-6-16(22)15(21)9-14/h5-9,17H,1,10H2,2-4H3/t17-/m0/s1. The summed E-state index contributed by atoms with van der Waals surface area (Å²) in [5, 5.41) is -0.0980. The van der Waals surface area contributed by atoms with Gasteiger partial charge in [-0.1, -0.05) is 23.8 Å². The number of likely N-dealkylation sites (N-methyl/N-ethyl adjacent to an activating group) is 1. The van der Waals surface area contributed by atoms with E-state index in [2.05, 4.69) is 11.6 Å². The normalized spacial score (nSPS) is 16.1. The van der Waals surface area contributed by atoms with Crippen molar-refractivity contribution in [2.24, 2.45) is 0 Å². The van der Waals surface area contributed by atoms with Crippen LogP contribution in [-0.2, 0) is 9.53 Å². The van der Waals surface area contributed by atoms with E-state index in [4.69, 9.17) is 16.3 Å². The van der Waals surface area contributed by atoms with Gasteiger partial charge in [0, 0.05) is 18.4 Å². The molecule has 3 rings (SSSR count). The minimum absolute atomic E-state index is 0.0980. The van der Waals surface area contributed by atoms with Crippen LogP contribution >= 0.6 is 11.6 Å². The molecular formula is C20H19ClFN3O3. The van der Waals surface area contributed by atoms with Gasteiger partial charge in [0.1, 0.15) is 18.2 Å². The molecule has 0 radical (unpaired) electrons. The van der Waals surface area contributed by atoms with E-state index in [9.17, 15) is 14.0 Å². The van der Waals surface area contributed by atoms with Crippen LogP contribution in [0.4, 0.5) is 20.7 Å². The molecule has 2 aromatic rings. The molecule has 0 unspecified atom stereocenters. The summed E-state index contributed by atoms with van der Waals surface area (Å²) in [5.74, 6) is -0.679. The van der Waals surface area contributed by atoms with Gasteiger partial charge in [-0.25, -0.2) is 19.1 Å². The highest BCUT2D eigenvalue weighted by atomic mass is 35.5. The first-order chi connectivity index (χ1) is 13.2. The number of carbonyl (C=O) groups excluding carboxylic acids is 2. The van der Waals surface area contributed by atoms with Crippen LogP contribution < -0.4 is 9.80 Å². The maximum atomic E-state index is 13.4. The molecule has 1 aliphatic rings. The van der Waals surface area contributed by atoms with Gasteiger partial charge in [-0.15, -0.1) is 0 Å². The fraction of sp³-hybridized carbons (Fsp3) is 0.250. The highest BCUT2D eigenvalue weighted by molar-refractivity contribution is 6.31. The van der Waals surface area contributed by atoms with Crippen LogP contribution in [0.3, 0.4) is 0 Å². The molecule has 8 heteroatoms. The number of aryl methyl sites for hydroxylation is 1. The third-order valence-electron chi connectivity index (χ3n) is 4.46. The molecule has 146 valence electrons. The molecular weight excluding hydrogens is 385 g/mol. The molecule has 1 atom stereocenters. The van der Waals surface area contributed by atoms with Crippen LogP contribution in [0, 0.1) is 12.7 Å². The van der Waals surface area contributed by atoms with Gasteiger partial charge in [0.15, 0.2) is 6.04 Å². The van der Waals surface area contributed by atoms with Crippen LogP contribution in [-0.4, -0.2) is 36.7 Å². The number of benzene rings is 1. The monoisotopic (exact) mass is 403 g/mol. The number of nitrogens with zero attached hydrogens (tertiary/aromatic N) is 3. The van der Waals surface area contributed by atoms with Gasteiger partial charge in [0.2, 0.25) is 0 Å². The molecule has 1 fully saturated rings. The second-order valence-electron chi connectivity index (χ2n) is 6.59. The molecule has 0 aliphatic carbocycles. The number of ether oxygens (including phenoxy) is 1. The highest BCUT2D eigenvalue weighted by Crippen LogP contribution is 2.28. The number of hydrogen-bond acceptors (Lipinski definition) is 4. The van der Waals surface area contributed by atoms with E-state index in [0.717, 1.165) is 11.1 Å². The van der Waals surface area contributed by atoms with Gasteiger partial charge < -0.3 is 9.64 Å². The van der Waals surface area contributed by atoms with Crippen molar-refractivity contribution >= 4 is 40.7 Å². The van der Waals surface area contributed by atoms with Crippen molar-refractivity contribution in [3.05, 3.63) is 59.0 Å². The van der Waals surface area contributed by atoms with E-state index in [1.807, 2.05) is 13.0 Å². The average molecular weight is 404 g/mol. The van der Waals surface area contributed by atoms with E-state index in [1.165, 1.54) is 35.0 Å². The van der Waals surface area contributed by atoms with Crippen LogP contribution in [0.1, 0.15) is 18.2 Å². The molecule has 2 amide bonds. The molecule has 0 spiro atoms. The molecule has 1 aromatic carbocycles. The average Bonchev–Trinajstić information content (AvgIpc) is 3.03. The minimum Gasteiger partial charge on any atom is -0.446 e. The Morgan fingerprint density at radius 3 is 2.75 bits per heavy atom. The molecule has 0 N–H and O–H groups in total. The molecule has 1 aliphatic heterocycles. The number of aromatic nitrogens is 1. The summed E-state index contributed by atoms with van der Waals surface area (Å²) in [6, 6.07) is 6.59. The van der Waals surface area contributed by atoms with E-state index in [1.54, 1.807) is 13.0 Å². The van der Waals surface area contributed by atoms with Crippen molar-refractivity contribution in [2.75, 3.05) is 23.5 Å². The molecule has 6 nitrogen and oxygen atoms in total. The summed E-state index contributed by atoms with van der Waals surface area (Å²) >= 11 is 5.81. The molecule has 1 saturated heterocycles. The lowest BCUT2D eigenvalue weighted by atomic mass is 10.1. The fourth-order valence-electron chi connectivity index (χ4n) is 2.92. The summed E-state index contributed by atoms with van der Waals surface area (Å²) in [6.45, 7) is 7.43. The summed E-state index contributed by atoms with van der Waals surface area (Å²) in [5.41, 5.74) is 2.70. The Morgan fingerprint density at radius 1 is 1.39 bits per heavy atom. The van der Waals surface area contributed by atoms with Crippen LogP contribution in [0.2, 0.25) is 5.02 Å². The predicted molar refractivity (Wildman–Crippen MR) is 106 cm³/mol. The van der Waals surface area contributed by atoms with Gasteiger partial charge in [0.05, 0.1) is 5.02 Å². The predicted octanol–water partition coefficient (Wildman–Crippen LogP) is 4.20. The second kappa shape index (κ2) is 7.59. The molecule has 0 saturated carbocycles. The largest absolute Gasteiger partial charge is 0.446 e. The van der Waals surface area contributed by atoms with Gasteiger partial charge in [-0.05, 0) is 49.7 Å². The van der Waals surface area contributed by atoms with Crippen molar-refractivity contribution in [2.45, 2.75) is 19.9 Å². The van der Waals surface area contributed by atoms with Gasteiger partial charge in [-0.2, -0.15) is 0 Å².